The van der Waals surface area contributed by atoms with Crippen LogP contribution >= 0.6 is 0 Å². The largest absolute Gasteiger partial charge is 0.327 e. The normalized spacial score (nSPS) is 20.4. The van der Waals surface area contributed by atoms with Crippen LogP contribution in [0.25, 0.3) is 0 Å². The molecule has 0 saturated carbocycles. The van der Waals surface area contributed by atoms with Crippen molar-refractivity contribution < 1.29 is 4.79 Å². The average Bonchev–Trinajstić information content (AvgIpc) is 2.30. The molecule has 3 nitrogen and oxygen atoms in total. The molecule has 1 saturated heterocycles. The number of nitrogens with zero attached hydrogens (tertiary/aromatic N) is 2. The van der Waals surface area contributed by atoms with Gasteiger partial charge in [0.25, 0.3) is 0 Å². The van der Waals surface area contributed by atoms with E-state index in [0.717, 1.165) is 25.8 Å². The number of piperidine rings is 1. The van der Waals surface area contributed by atoms with E-state index in [0.29, 0.717) is 6.42 Å². The van der Waals surface area contributed by atoms with Crippen molar-refractivity contribution in [3.05, 3.63) is 0 Å². The molecule has 1 unspecified atom stereocenters. The Morgan fingerprint density at radius 2 is 2.14 bits per heavy atom. The van der Waals surface area contributed by atoms with Crippen LogP contribution in [0.2, 0.25) is 0 Å². The van der Waals surface area contributed by atoms with E-state index in [1.54, 1.807) is 4.90 Å². The molecule has 3 heteroatoms. The van der Waals surface area contributed by atoms with Gasteiger partial charge in [0.2, 0.25) is 5.91 Å². The van der Waals surface area contributed by atoms with Gasteiger partial charge in [-0.15, -0.1) is 0 Å². The third-order valence-electron chi connectivity index (χ3n) is 2.27. The summed E-state index contributed by atoms with van der Waals surface area (Å²) in [4.78, 5) is 13.0. The minimum absolute atomic E-state index is 0.112. The molecule has 0 spiro atoms. The molecule has 0 aromatic carbocycles. The Labute approximate surface area is 86.7 Å². The first-order valence-electron chi connectivity index (χ1n) is 5.48. The Bertz CT molecular complexity index is 208. The molecule has 0 N–H and O–H groups in total. The van der Waals surface area contributed by atoms with Crippen molar-refractivity contribution in [1.82, 2.24) is 4.90 Å². The highest BCUT2D eigenvalue weighted by atomic mass is 16.2. The Kier molecular flexibility index (Phi) is 6.82. The predicted molar refractivity (Wildman–Crippen MR) is 56.6 cm³/mol. The summed E-state index contributed by atoms with van der Waals surface area (Å²) in [5.74, 6) is 0.112. The summed E-state index contributed by atoms with van der Waals surface area (Å²) in [5, 5.41) is 8.76. The van der Waals surface area contributed by atoms with Crippen LogP contribution in [0.5, 0.6) is 0 Å². The number of hydrogen-bond acceptors (Lipinski definition) is 2. The second kappa shape index (κ2) is 7.37. The number of carbonyl (C=O) groups is 1. The van der Waals surface area contributed by atoms with Crippen LogP contribution in [0.3, 0.4) is 0 Å². The van der Waals surface area contributed by atoms with Gasteiger partial charge in [0.05, 0.1) is 6.07 Å². The maximum atomic E-state index is 11.3. The third kappa shape index (κ3) is 3.37. The molecular weight excluding hydrogens is 176 g/mol. The number of nitriles is 1. The molecule has 0 aromatic heterocycles. The highest BCUT2D eigenvalue weighted by molar-refractivity contribution is 5.76. The van der Waals surface area contributed by atoms with Crippen LogP contribution < -0.4 is 0 Å². The number of carbonyl (C=O) groups excluding carboxylic acids is 1. The van der Waals surface area contributed by atoms with Gasteiger partial charge in [-0.25, -0.2) is 0 Å². The molecular formula is C11H20N2O. The zero-order chi connectivity index (χ0) is 11.0. The lowest BCUT2D eigenvalue weighted by molar-refractivity contribution is -0.133. The molecule has 1 heterocycles. The fraction of sp³-hybridized carbons (Fsp3) is 0.818. The van der Waals surface area contributed by atoms with Crippen molar-refractivity contribution in [2.75, 3.05) is 6.54 Å². The average molecular weight is 196 g/mol. The van der Waals surface area contributed by atoms with E-state index >= 15 is 0 Å². The lowest BCUT2D eigenvalue weighted by Crippen LogP contribution is -2.42. The maximum absolute atomic E-state index is 11.3. The zero-order valence-corrected chi connectivity index (χ0v) is 9.42. The molecule has 14 heavy (non-hydrogen) atoms. The van der Waals surface area contributed by atoms with E-state index < -0.39 is 0 Å². The van der Waals surface area contributed by atoms with Gasteiger partial charge in [-0.2, -0.15) is 5.26 Å². The Morgan fingerprint density at radius 3 is 2.64 bits per heavy atom. The highest BCUT2D eigenvalue weighted by Crippen LogP contribution is 2.16. The quantitative estimate of drug-likeness (QED) is 0.646. The Hall–Kier alpha value is -1.04. The summed E-state index contributed by atoms with van der Waals surface area (Å²) in [7, 11) is 0. The highest BCUT2D eigenvalue weighted by Gasteiger charge is 2.24. The van der Waals surface area contributed by atoms with Gasteiger partial charge >= 0.3 is 0 Å². The molecule has 80 valence electrons. The summed E-state index contributed by atoms with van der Waals surface area (Å²) in [6.45, 7) is 6.61. The van der Waals surface area contributed by atoms with E-state index in [-0.39, 0.29) is 11.9 Å². The standard InChI is InChI=1S/C9H14N2O.C2H6/c1-2-9(12)11-6-4-3-5-8(11)7-10;1-2/h8H,2-6H2,1H3;1-2H3. The second-order valence-electron chi connectivity index (χ2n) is 3.08. The minimum atomic E-state index is -0.161. The van der Waals surface area contributed by atoms with Gasteiger partial charge in [-0.1, -0.05) is 20.8 Å². The van der Waals surface area contributed by atoms with E-state index in [9.17, 15) is 4.79 Å². The lowest BCUT2D eigenvalue weighted by Gasteiger charge is -2.31. The summed E-state index contributed by atoms with van der Waals surface area (Å²) < 4.78 is 0. The first kappa shape index (κ1) is 13.0. The van der Waals surface area contributed by atoms with Crippen molar-refractivity contribution in [2.24, 2.45) is 0 Å². The number of rotatable bonds is 1. The van der Waals surface area contributed by atoms with Gasteiger partial charge in [0.15, 0.2) is 0 Å². The van der Waals surface area contributed by atoms with Crippen LogP contribution in [-0.2, 0) is 4.79 Å². The fourth-order valence-corrected chi connectivity index (χ4v) is 1.57. The summed E-state index contributed by atoms with van der Waals surface area (Å²) >= 11 is 0. The van der Waals surface area contributed by atoms with Gasteiger partial charge in [-0.3, -0.25) is 4.79 Å². The van der Waals surface area contributed by atoms with Gasteiger partial charge in [0.1, 0.15) is 6.04 Å². The molecule has 1 fully saturated rings. The second-order valence-corrected chi connectivity index (χ2v) is 3.08. The Morgan fingerprint density at radius 1 is 1.50 bits per heavy atom. The molecule has 1 atom stereocenters. The van der Waals surface area contributed by atoms with Gasteiger partial charge in [-0.05, 0) is 19.3 Å². The van der Waals surface area contributed by atoms with Crippen LogP contribution in [-0.4, -0.2) is 23.4 Å². The van der Waals surface area contributed by atoms with E-state index in [1.165, 1.54) is 0 Å². The lowest BCUT2D eigenvalue weighted by atomic mass is 10.0. The van der Waals surface area contributed by atoms with E-state index in [2.05, 4.69) is 6.07 Å². The third-order valence-corrected chi connectivity index (χ3v) is 2.27. The minimum Gasteiger partial charge on any atom is -0.327 e. The topological polar surface area (TPSA) is 44.1 Å². The van der Waals surface area contributed by atoms with Crippen molar-refractivity contribution in [3.63, 3.8) is 0 Å². The van der Waals surface area contributed by atoms with E-state index in [1.807, 2.05) is 20.8 Å². The summed E-state index contributed by atoms with van der Waals surface area (Å²) in [5.41, 5.74) is 0. The van der Waals surface area contributed by atoms with Crippen LogP contribution in [0.15, 0.2) is 0 Å². The SMILES string of the molecule is CC.CCC(=O)N1CCCCC1C#N. The monoisotopic (exact) mass is 196 g/mol. The molecule has 0 bridgehead atoms. The molecule has 1 amide bonds. The van der Waals surface area contributed by atoms with Gasteiger partial charge in [0, 0.05) is 13.0 Å². The molecule has 0 aromatic rings. The van der Waals surface area contributed by atoms with Crippen LogP contribution in [0.4, 0.5) is 0 Å². The smallest absolute Gasteiger partial charge is 0.223 e. The number of amides is 1. The van der Waals surface area contributed by atoms with Crippen molar-refractivity contribution in [1.29, 1.82) is 5.26 Å². The van der Waals surface area contributed by atoms with Crippen molar-refractivity contribution >= 4 is 5.91 Å². The van der Waals surface area contributed by atoms with Crippen LogP contribution in [0, 0.1) is 11.3 Å². The first-order valence-corrected chi connectivity index (χ1v) is 5.48. The molecule has 0 radical (unpaired) electrons. The zero-order valence-electron chi connectivity index (χ0n) is 9.42. The van der Waals surface area contributed by atoms with Gasteiger partial charge < -0.3 is 4.90 Å². The molecule has 1 aliphatic rings. The molecule has 1 aliphatic heterocycles. The molecule has 1 rings (SSSR count). The van der Waals surface area contributed by atoms with E-state index in [4.69, 9.17) is 5.26 Å². The summed E-state index contributed by atoms with van der Waals surface area (Å²) in [6, 6.07) is 2.01. The maximum Gasteiger partial charge on any atom is 0.223 e. The Balaban J connectivity index is 0.000000791. The van der Waals surface area contributed by atoms with Crippen molar-refractivity contribution in [3.8, 4) is 6.07 Å². The first-order chi connectivity index (χ1) is 6.79. The summed E-state index contributed by atoms with van der Waals surface area (Å²) in [6.07, 6.45) is 3.48. The number of hydrogen-bond donors (Lipinski definition) is 0. The predicted octanol–water partition coefficient (Wildman–Crippen LogP) is 2.33. The number of likely N-dealkylation sites (tertiary alicyclic amines) is 1. The fourth-order valence-electron chi connectivity index (χ4n) is 1.57. The van der Waals surface area contributed by atoms with Crippen LogP contribution in [0.1, 0.15) is 46.5 Å². The molecule has 0 aliphatic carbocycles. The van der Waals surface area contributed by atoms with Crippen molar-refractivity contribution in [2.45, 2.75) is 52.5 Å².